The number of amides is 1. The third-order valence-corrected chi connectivity index (χ3v) is 5.91. The summed E-state index contributed by atoms with van der Waals surface area (Å²) in [6.45, 7) is -0.0365. The molecule has 0 unspecified atom stereocenters. The third-order valence-electron chi connectivity index (χ3n) is 5.25. The molecule has 0 radical (unpaired) electrons. The molecule has 1 fully saturated rings. The molecule has 6 nitrogen and oxygen atoms in total. The van der Waals surface area contributed by atoms with Crippen molar-refractivity contribution < 1.29 is 23.5 Å². The topological polar surface area (TPSA) is 59.1 Å². The highest BCUT2D eigenvalue weighted by Gasteiger charge is 2.40. The minimum atomic E-state index is -0.551. The van der Waals surface area contributed by atoms with Crippen molar-refractivity contribution in [1.29, 1.82) is 0 Å². The maximum Gasteiger partial charge on any atom is 0.325 e. The van der Waals surface area contributed by atoms with E-state index in [2.05, 4.69) is 0 Å². The van der Waals surface area contributed by atoms with Crippen LogP contribution >= 0.6 is 23.8 Å². The largest absolute Gasteiger partial charge is 0.488 e. The summed E-state index contributed by atoms with van der Waals surface area (Å²) in [6, 6.07) is 19.8. The van der Waals surface area contributed by atoms with E-state index < -0.39 is 11.9 Å². The van der Waals surface area contributed by atoms with Gasteiger partial charge in [0, 0.05) is 10.6 Å². The Morgan fingerprint density at radius 2 is 1.74 bits per heavy atom. The monoisotopic (exact) mass is 510 g/mol. The summed E-state index contributed by atoms with van der Waals surface area (Å²) in [5, 5.41) is 0.652. The maximum atomic E-state index is 13.5. The molecule has 4 rings (SSSR count). The summed E-state index contributed by atoms with van der Waals surface area (Å²) in [5.74, 6) is -0.782. The Balaban J connectivity index is 1.68. The molecule has 1 amide bonds. The van der Waals surface area contributed by atoms with Gasteiger partial charge in [0.2, 0.25) is 0 Å². The number of para-hydroxylation sites is 1. The van der Waals surface area contributed by atoms with Crippen LogP contribution in [0.4, 0.5) is 10.1 Å². The zero-order valence-electron chi connectivity index (χ0n) is 18.6. The molecule has 3 aromatic rings. The van der Waals surface area contributed by atoms with E-state index in [4.69, 9.17) is 33.3 Å². The Labute approximate surface area is 212 Å². The van der Waals surface area contributed by atoms with Crippen molar-refractivity contribution in [2.75, 3.05) is 18.6 Å². The summed E-state index contributed by atoms with van der Waals surface area (Å²) in [4.78, 5) is 28.3. The van der Waals surface area contributed by atoms with Gasteiger partial charge in [0.1, 0.15) is 30.4 Å². The highest BCUT2D eigenvalue weighted by atomic mass is 35.5. The van der Waals surface area contributed by atoms with Crippen LogP contribution in [0.25, 0.3) is 6.08 Å². The Morgan fingerprint density at radius 3 is 2.43 bits per heavy atom. The SMILES string of the molecule is COC(=O)CN1C(=S)N(c2ccc(Cl)cc2)C(=O)/C1=C/c1ccccc1OCc1ccc(F)cc1. The van der Waals surface area contributed by atoms with E-state index in [0.717, 1.165) is 5.56 Å². The van der Waals surface area contributed by atoms with Gasteiger partial charge >= 0.3 is 5.97 Å². The summed E-state index contributed by atoms with van der Waals surface area (Å²) in [6.07, 6.45) is 1.62. The van der Waals surface area contributed by atoms with Gasteiger partial charge in [-0.1, -0.05) is 41.9 Å². The van der Waals surface area contributed by atoms with E-state index in [0.29, 0.717) is 22.0 Å². The lowest BCUT2D eigenvalue weighted by Gasteiger charge is -2.19. The number of nitrogens with zero attached hydrogens (tertiary/aromatic N) is 2. The van der Waals surface area contributed by atoms with Gasteiger partial charge in [-0.15, -0.1) is 0 Å². The van der Waals surface area contributed by atoms with Crippen molar-refractivity contribution in [3.63, 3.8) is 0 Å². The van der Waals surface area contributed by atoms with Crippen molar-refractivity contribution in [1.82, 2.24) is 4.90 Å². The quantitative estimate of drug-likeness (QED) is 0.247. The molecule has 0 N–H and O–H groups in total. The van der Waals surface area contributed by atoms with Crippen LogP contribution in [-0.2, 0) is 20.9 Å². The van der Waals surface area contributed by atoms with Crippen LogP contribution in [0.2, 0.25) is 5.02 Å². The fraction of sp³-hybridized carbons (Fsp3) is 0.115. The first-order valence-electron chi connectivity index (χ1n) is 10.5. The number of halogens is 2. The first-order chi connectivity index (χ1) is 16.9. The van der Waals surface area contributed by atoms with E-state index in [-0.39, 0.29) is 29.8 Å². The third kappa shape index (κ3) is 5.50. The molecule has 0 bridgehead atoms. The second-order valence-corrected chi connectivity index (χ2v) is 8.35. The number of carbonyl (C=O) groups is 2. The van der Waals surface area contributed by atoms with Crippen LogP contribution in [0, 0.1) is 5.82 Å². The number of methoxy groups -OCH3 is 1. The van der Waals surface area contributed by atoms with Crippen LogP contribution in [0.1, 0.15) is 11.1 Å². The van der Waals surface area contributed by atoms with Gasteiger partial charge in [0.05, 0.1) is 12.8 Å². The van der Waals surface area contributed by atoms with Crippen molar-refractivity contribution >= 4 is 52.6 Å². The number of benzene rings is 3. The lowest BCUT2D eigenvalue weighted by molar-refractivity contribution is -0.140. The number of carbonyl (C=O) groups excluding carboxylic acids is 2. The first-order valence-corrected chi connectivity index (χ1v) is 11.3. The normalized spacial score (nSPS) is 14.5. The summed E-state index contributed by atoms with van der Waals surface area (Å²) in [7, 11) is 1.27. The molecule has 1 saturated heterocycles. The second kappa shape index (κ2) is 10.7. The van der Waals surface area contributed by atoms with Gasteiger partial charge in [-0.25, -0.2) is 4.39 Å². The molecule has 0 spiro atoms. The predicted molar refractivity (Wildman–Crippen MR) is 135 cm³/mol. The molecule has 0 saturated carbocycles. The minimum Gasteiger partial charge on any atom is -0.488 e. The minimum absolute atomic E-state index is 0.138. The average molecular weight is 511 g/mol. The van der Waals surface area contributed by atoms with Gasteiger partial charge in [-0.2, -0.15) is 0 Å². The van der Waals surface area contributed by atoms with Crippen molar-refractivity contribution in [2.45, 2.75) is 6.61 Å². The fourth-order valence-electron chi connectivity index (χ4n) is 3.46. The van der Waals surface area contributed by atoms with Crippen LogP contribution in [0.3, 0.4) is 0 Å². The molecule has 3 aromatic carbocycles. The number of ether oxygens (including phenoxy) is 2. The lowest BCUT2D eigenvalue weighted by atomic mass is 10.1. The van der Waals surface area contributed by atoms with E-state index in [1.54, 1.807) is 66.7 Å². The van der Waals surface area contributed by atoms with Crippen molar-refractivity contribution in [2.24, 2.45) is 0 Å². The van der Waals surface area contributed by atoms with Crippen molar-refractivity contribution in [3.05, 3.63) is 100 Å². The Morgan fingerprint density at radius 1 is 1.06 bits per heavy atom. The standard InChI is InChI=1S/C26H20ClFN2O4S/c1-33-24(31)15-29-22(25(32)30(26(29)35)21-12-8-19(27)9-13-21)14-18-4-2-3-5-23(18)34-16-17-6-10-20(28)11-7-17/h2-14H,15-16H2,1H3/b22-14-. The molecule has 1 heterocycles. The Bertz CT molecular complexity index is 1300. The number of thiocarbonyl (C=S) groups is 1. The van der Waals surface area contributed by atoms with Crippen LogP contribution < -0.4 is 9.64 Å². The van der Waals surface area contributed by atoms with Gasteiger partial charge in [0.25, 0.3) is 5.91 Å². The molecule has 9 heteroatoms. The van der Waals surface area contributed by atoms with E-state index in [1.807, 2.05) is 0 Å². The first kappa shape index (κ1) is 24.4. The Kier molecular flexibility index (Phi) is 7.43. The predicted octanol–water partition coefficient (Wildman–Crippen LogP) is 5.21. The Hall–Kier alpha value is -3.75. The number of hydrogen-bond donors (Lipinski definition) is 0. The van der Waals surface area contributed by atoms with Gasteiger partial charge < -0.3 is 14.4 Å². The number of rotatable bonds is 7. The van der Waals surface area contributed by atoms with E-state index in [9.17, 15) is 14.0 Å². The van der Waals surface area contributed by atoms with Crippen LogP contribution in [-0.4, -0.2) is 35.5 Å². The van der Waals surface area contributed by atoms with Gasteiger partial charge in [-0.05, 0) is 66.3 Å². The number of esters is 1. The molecule has 0 aliphatic carbocycles. The highest BCUT2D eigenvalue weighted by molar-refractivity contribution is 7.80. The van der Waals surface area contributed by atoms with Gasteiger partial charge in [0.15, 0.2) is 5.11 Å². The van der Waals surface area contributed by atoms with Crippen LogP contribution in [0.15, 0.2) is 78.5 Å². The number of anilines is 1. The van der Waals surface area contributed by atoms with Gasteiger partial charge in [-0.3, -0.25) is 14.5 Å². The smallest absolute Gasteiger partial charge is 0.325 e. The molecule has 35 heavy (non-hydrogen) atoms. The zero-order chi connectivity index (χ0) is 24.9. The fourth-order valence-corrected chi connectivity index (χ4v) is 3.94. The van der Waals surface area contributed by atoms with Crippen LogP contribution in [0.5, 0.6) is 5.75 Å². The molecular weight excluding hydrogens is 491 g/mol. The molecule has 1 aliphatic heterocycles. The number of hydrogen-bond acceptors (Lipinski definition) is 5. The molecule has 1 aliphatic rings. The second-order valence-electron chi connectivity index (χ2n) is 7.54. The molecule has 0 aromatic heterocycles. The summed E-state index contributed by atoms with van der Waals surface area (Å²) >= 11 is 11.6. The summed E-state index contributed by atoms with van der Waals surface area (Å²) < 4.78 is 23.9. The average Bonchev–Trinajstić information content (AvgIpc) is 3.09. The maximum absolute atomic E-state index is 13.5. The molecule has 178 valence electrons. The lowest BCUT2D eigenvalue weighted by Crippen LogP contribution is -2.35. The molecular formula is C26H20ClFN2O4S. The highest BCUT2D eigenvalue weighted by Crippen LogP contribution is 2.31. The summed E-state index contributed by atoms with van der Waals surface area (Å²) in [5.41, 5.74) is 2.10. The van der Waals surface area contributed by atoms with E-state index in [1.165, 1.54) is 29.0 Å². The van der Waals surface area contributed by atoms with E-state index >= 15 is 0 Å². The molecule has 0 atom stereocenters. The van der Waals surface area contributed by atoms with Crippen molar-refractivity contribution in [3.8, 4) is 5.75 Å². The zero-order valence-corrected chi connectivity index (χ0v) is 20.2.